The molecule has 0 aliphatic rings. The maximum Gasteiger partial charge on any atom is 0.311 e. The van der Waals surface area contributed by atoms with Gasteiger partial charge in [-0.05, 0) is 29.3 Å². The van der Waals surface area contributed by atoms with Crippen molar-refractivity contribution in [2.24, 2.45) is 0 Å². The molecule has 0 spiro atoms. The Morgan fingerprint density at radius 3 is 2.65 bits per heavy atom. The third-order valence-electron chi connectivity index (χ3n) is 2.69. The molecule has 0 saturated carbocycles. The van der Waals surface area contributed by atoms with Crippen molar-refractivity contribution < 1.29 is 14.8 Å². The second-order valence-electron chi connectivity index (χ2n) is 4.14. The van der Waals surface area contributed by atoms with Gasteiger partial charge in [0.15, 0.2) is 5.75 Å². The van der Waals surface area contributed by atoms with E-state index in [1.165, 1.54) is 12.1 Å². The van der Waals surface area contributed by atoms with Crippen LogP contribution in [0.2, 0.25) is 5.02 Å². The highest BCUT2D eigenvalue weighted by Crippen LogP contribution is 2.29. The Bertz CT molecular complexity index is 630. The molecule has 5 nitrogen and oxygen atoms in total. The molecular weight excluding hydrogens is 282 g/mol. The van der Waals surface area contributed by atoms with Gasteiger partial charge in [0.25, 0.3) is 0 Å². The zero-order valence-electron chi connectivity index (χ0n) is 10.5. The summed E-state index contributed by atoms with van der Waals surface area (Å²) in [5, 5.41) is 20.6. The van der Waals surface area contributed by atoms with Crippen molar-refractivity contribution in [1.82, 2.24) is 0 Å². The molecule has 2 rings (SSSR count). The van der Waals surface area contributed by atoms with E-state index in [-0.39, 0.29) is 24.7 Å². The normalized spacial score (nSPS) is 10.3. The number of ether oxygens (including phenoxy) is 1. The highest BCUT2D eigenvalue weighted by molar-refractivity contribution is 6.30. The maximum atomic E-state index is 11.0. The van der Waals surface area contributed by atoms with E-state index in [4.69, 9.17) is 21.4 Å². The lowest BCUT2D eigenvalue weighted by atomic mass is 10.2. The average molecular weight is 294 g/mol. The molecule has 2 aromatic carbocycles. The standard InChI is InChI=1S/C14H12ClNO4/c15-12-3-1-2-11(6-12)9-20-14-5-4-10(8-17)7-13(14)16(18)19/h1-7,17H,8-9H2. The summed E-state index contributed by atoms with van der Waals surface area (Å²) in [6.07, 6.45) is 0. The van der Waals surface area contributed by atoms with Crippen LogP contribution in [-0.4, -0.2) is 10.0 Å². The molecule has 1 N–H and O–H groups in total. The molecule has 2 aromatic rings. The van der Waals surface area contributed by atoms with Gasteiger partial charge in [-0.25, -0.2) is 0 Å². The molecule has 0 aliphatic carbocycles. The minimum absolute atomic E-state index is 0.159. The molecule has 20 heavy (non-hydrogen) atoms. The van der Waals surface area contributed by atoms with Crippen LogP contribution < -0.4 is 4.74 Å². The summed E-state index contributed by atoms with van der Waals surface area (Å²) >= 11 is 5.86. The van der Waals surface area contributed by atoms with Crippen LogP contribution in [0.1, 0.15) is 11.1 Å². The third kappa shape index (κ3) is 3.46. The number of hydrogen-bond donors (Lipinski definition) is 1. The highest BCUT2D eigenvalue weighted by atomic mass is 35.5. The van der Waals surface area contributed by atoms with Crippen LogP contribution in [0.4, 0.5) is 5.69 Å². The Balaban J connectivity index is 2.18. The van der Waals surface area contributed by atoms with Crippen LogP contribution in [0, 0.1) is 10.1 Å². The van der Waals surface area contributed by atoms with E-state index in [0.29, 0.717) is 10.6 Å². The smallest absolute Gasteiger partial charge is 0.311 e. The second kappa shape index (κ2) is 6.36. The van der Waals surface area contributed by atoms with E-state index in [1.54, 1.807) is 24.3 Å². The van der Waals surface area contributed by atoms with E-state index in [2.05, 4.69) is 0 Å². The van der Waals surface area contributed by atoms with Crippen LogP contribution >= 0.6 is 11.6 Å². The summed E-state index contributed by atoms with van der Waals surface area (Å²) < 4.78 is 5.46. The van der Waals surface area contributed by atoms with Gasteiger partial charge in [0.05, 0.1) is 11.5 Å². The Morgan fingerprint density at radius 2 is 2.00 bits per heavy atom. The van der Waals surface area contributed by atoms with Crippen LogP contribution in [0.3, 0.4) is 0 Å². The monoisotopic (exact) mass is 293 g/mol. The molecule has 0 aromatic heterocycles. The van der Waals surface area contributed by atoms with Crippen LogP contribution in [0.25, 0.3) is 0 Å². The lowest BCUT2D eigenvalue weighted by Crippen LogP contribution is -2.00. The zero-order valence-corrected chi connectivity index (χ0v) is 11.2. The number of nitro benzene ring substituents is 1. The predicted molar refractivity (Wildman–Crippen MR) is 74.8 cm³/mol. The first kappa shape index (κ1) is 14.3. The minimum atomic E-state index is -0.535. The molecular formula is C14H12ClNO4. The summed E-state index contributed by atoms with van der Waals surface area (Å²) in [6.45, 7) is -0.0741. The fourth-order valence-electron chi connectivity index (χ4n) is 1.71. The molecule has 0 radical (unpaired) electrons. The van der Waals surface area contributed by atoms with Gasteiger partial charge in [0, 0.05) is 11.1 Å². The zero-order chi connectivity index (χ0) is 14.5. The quantitative estimate of drug-likeness (QED) is 0.678. The first-order chi connectivity index (χ1) is 9.60. The predicted octanol–water partition coefficient (Wildman–Crippen LogP) is 3.32. The van der Waals surface area contributed by atoms with Gasteiger partial charge >= 0.3 is 5.69 Å². The lowest BCUT2D eigenvalue weighted by Gasteiger charge is -2.08. The fraction of sp³-hybridized carbons (Fsp3) is 0.143. The largest absolute Gasteiger partial charge is 0.482 e. The topological polar surface area (TPSA) is 72.6 Å². The summed E-state index contributed by atoms with van der Waals surface area (Å²) in [5.74, 6) is 0.159. The molecule has 104 valence electrons. The van der Waals surface area contributed by atoms with Crippen LogP contribution in [-0.2, 0) is 13.2 Å². The summed E-state index contributed by atoms with van der Waals surface area (Å²) in [4.78, 5) is 10.4. The molecule has 0 heterocycles. The van der Waals surface area contributed by atoms with E-state index in [1.807, 2.05) is 6.07 Å². The van der Waals surface area contributed by atoms with Crippen molar-refractivity contribution >= 4 is 17.3 Å². The molecule has 0 atom stereocenters. The van der Waals surface area contributed by atoms with Crippen molar-refractivity contribution in [3.63, 3.8) is 0 Å². The number of nitro groups is 1. The van der Waals surface area contributed by atoms with E-state index >= 15 is 0 Å². The molecule has 6 heteroatoms. The van der Waals surface area contributed by atoms with Gasteiger partial charge in [-0.15, -0.1) is 0 Å². The SMILES string of the molecule is O=[N+]([O-])c1cc(CO)ccc1OCc1cccc(Cl)c1. The van der Waals surface area contributed by atoms with Gasteiger partial charge in [0.2, 0.25) is 0 Å². The number of hydrogen-bond acceptors (Lipinski definition) is 4. The second-order valence-corrected chi connectivity index (χ2v) is 4.57. The van der Waals surface area contributed by atoms with Crippen LogP contribution in [0.15, 0.2) is 42.5 Å². The summed E-state index contributed by atoms with van der Waals surface area (Å²) in [5.41, 5.74) is 1.11. The third-order valence-corrected chi connectivity index (χ3v) is 2.92. The maximum absolute atomic E-state index is 11.0. The van der Waals surface area contributed by atoms with Crippen molar-refractivity contribution in [3.8, 4) is 5.75 Å². The number of rotatable bonds is 5. The molecule has 0 amide bonds. The Kier molecular flexibility index (Phi) is 4.55. The van der Waals surface area contributed by atoms with Gasteiger partial charge in [0.1, 0.15) is 6.61 Å². The Morgan fingerprint density at radius 1 is 1.20 bits per heavy atom. The van der Waals surface area contributed by atoms with E-state index < -0.39 is 4.92 Å². The van der Waals surface area contributed by atoms with Gasteiger partial charge in [-0.1, -0.05) is 29.8 Å². The van der Waals surface area contributed by atoms with Crippen molar-refractivity contribution in [3.05, 3.63) is 68.7 Å². The molecule has 0 unspecified atom stereocenters. The highest BCUT2D eigenvalue weighted by Gasteiger charge is 2.16. The first-order valence-electron chi connectivity index (χ1n) is 5.85. The first-order valence-corrected chi connectivity index (χ1v) is 6.23. The number of nitrogens with zero attached hydrogens (tertiary/aromatic N) is 1. The van der Waals surface area contributed by atoms with Crippen molar-refractivity contribution in [1.29, 1.82) is 0 Å². The van der Waals surface area contributed by atoms with E-state index in [0.717, 1.165) is 5.56 Å². The van der Waals surface area contributed by atoms with Crippen LogP contribution in [0.5, 0.6) is 5.75 Å². The fourth-order valence-corrected chi connectivity index (χ4v) is 1.93. The van der Waals surface area contributed by atoms with Gasteiger partial charge in [-0.2, -0.15) is 0 Å². The Labute approximate surface area is 120 Å². The molecule has 0 bridgehead atoms. The van der Waals surface area contributed by atoms with Gasteiger partial charge < -0.3 is 9.84 Å². The summed E-state index contributed by atoms with van der Waals surface area (Å²) in [7, 11) is 0. The lowest BCUT2D eigenvalue weighted by molar-refractivity contribution is -0.386. The summed E-state index contributed by atoms with van der Waals surface area (Å²) in [6, 6.07) is 11.4. The Hall–Kier alpha value is -2.11. The number of halogens is 1. The number of benzene rings is 2. The molecule has 0 saturated heterocycles. The number of aliphatic hydroxyl groups is 1. The van der Waals surface area contributed by atoms with Gasteiger partial charge in [-0.3, -0.25) is 10.1 Å². The molecule has 0 aliphatic heterocycles. The number of aliphatic hydroxyl groups excluding tert-OH is 1. The minimum Gasteiger partial charge on any atom is -0.482 e. The molecule has 0 fully saturated rings. The average Bonchev–Trinajstić information content (AvgIpc) is 2.45. The van der Waals surface area contributed by atoms with Crippen molar-refractivity contribution in [2.75, 3.05) is 0 Å². The van der Waals surface area contributed by atoms with E-state index in [9.17, 15) is 10.1 Å². The van der Waals surface area contributed by atoms with Crippen molar-refractivity contribution in [2.45, 2.75) is 13.2 Å².